The molecule has 0 spiro atoms. The first-order chi connectivity index (χ1) is 13.8. The van der Waals surface area contributed by atoms with Crippen LogP contribution in [0.25, 0.3) is 0 Å². The molecule has 3 heteroatoms. The molecule has 0 radical (unpaired) electrons. The number of aliphatic hydroxyl groups excluding tert-OH is 1. The Kier molecular flexibility index (Phi) is 5.85. The van der Waals surface area contributed by atoms with Crippen molar-refractivity contribution in [1.29, 1.82) is 0 Å². The Morgan fingerprint density at radius 3 is 1.73 bits per heavy atom. The molecule has 1 aliphatic rings. The van der Waals surface area contributed by atoms with Gasteiger partial charge in [0.05, 0.1) is 13.2 Å². The number of hydrogen-bond acceptors (Lipinski definition) is 3. The van der Waals surface area contributed by atoms with E-state index in [0.29, 0.717) is 13.2 Å². The van der Waals surface area contributed by atoms with E-state index in [1.807, 2.05) is 6.92 Å². The van der Waals surface area contributed by atoms with Gasteiger partial charge in [0.25, 0.3) is 0 Å². The highest BCUT2D eigenvalue weighted by Gasteiger charge is 2.38. The molecule has 3 rings (SSSR count). The van der Waals surface area contributed by atoms with E-state index in [4.69, 9.17) is 9.47 Å². The van der Waals surface area contributed by atoms with Crippen LogP contribution in [-0.2, 0) is 34.2 Å². The third-order valence-corrected chi connectivity index (χ3v) is 6.25. The standard InChI is InChI=1S/C27H38O3/c1-10-29-16-18-12-20(26(5,6)7)14-22-24(18)30-23-17(15-28)11-19(25(2,3)4)13-21(23)27(22,8)9/h11-14,28H,10,15-16H2,1-9H3. The lowest BCUT2D eigenvalue weighted by atomic mass is 9.71. The van der Waals surface area contributed by atoms with Crippen molar-refractivity contribution in [1.82, 2.24) is 0 Å². The monoisotopic (exact) mass is 410 g/mol. The summed E-state index contributed by atoms with van der Waals surface area (Å²) in [6.07, 6.45) is 0. The topological polar surface area (TPSA) is 38.7 Å². The average molecular weight is 411 g/mol. The Labute approximate surface area is 182 Å². The molecule has 0 saturated heterocycles. The van der Waals surface area contributed by atoms with E-state index < -0.39 is 0 Å². The van der Waals surface area contributed by atoms with Crippen LogP contribution in [0.2, 0.25) is 0 Å². The van der Waals surface area contributed by atoms with Crippen LogP contribution >= 0.6 is 0 Å². The molecule has 2 aromatic rings. The molecule has 0 amide bonds. The molecule has 1 N–H and O–H groups in total. The molecule has 0 unspecified atom stereocenters. The molecule has 0 aromatic heterocycles. The lowest BCUT2D eigenvalue weighted by Crippen LogP contribution is -2.28. The largest absolute Gasteiger partial charge is 0.456 e. The summed E-state index contributed by atoms with van der Waals surface area (Å²) in [5.74, 6) is 1.68. The quantitative estimate of drug-likeness (QED) is 0.606. The Morgan fingerprint density at radius 1 is 0.833 bits per heavy atom. The normalized spacial score (nSPS) is 15.4. The minimum absolute atomic E-state index is 0.0112. The molecule has 0 atom stereocenters. The molecular weight excluding hydrogens is 372 g/mol. The summed E-state index contributed by atoms with van der Waals surface area (Å²) >= 11 is 0. The molecule has 0 saturated carbocycles. The van der Waals surface area contributed by atoms with Gasteiger partial charge < -0.3 is 14.6 Å². The van der Waals surface area contributed by atoms with Crippen molar-refractivity contribution in [2.24, 2.45) is 0 Å². The summed E-state index contributed by atoms with van der Waals surface area (Å²) in [4.78, 5) is 0. The first-order valence-electron chi connectivity index (χ1n) is 11.0. The van der Waals surface area contributed by atoms with Crippen LogP contribution in [0.1, 0.15) is 95.7 Å². The summed E-state index contributed by atoms with van der Waals surface area (Å²) in [7, 11) is 0. The highest BCUT2D eigenvalue weighted by atomic mass is 16.5. The molecule has 0 fully saturated rings. The summed E-state index contributed by atoms with van der Waals surface area (Å²) in [6, 6.07) is 8.88. The number of aliphatic hydroxyl groups is 1. The van der Waals surface area contributed by atoms with Gasteiger partial charge in [0.15, 0.2) is 0 Å². The molecule has 3 nitrogen and oxygen atoms in total. The summed E-state index contributed by atoms with van der Waals surface area (Å²) in [5.41, 5.74) is 6.50. The van der Waals surface area contributed by atoms with Crippen LogP contribution in [0.15, 0.2) is 24.3 Å². The van der Waals surface area contributed by atoms with Crippen LogP contribution in [0.5, 0.6) is 11.5 Å². The lowest BCUT2D eigenvalue weighted by Gasteiger charge is -2.39. The zero-order valence-electron chi connectivity index (χ0n) is 20.2. The second-order valence-corrected chi connectivity index (χ2v) is 11.0. The van der Waals surface area contributed by atoms with Gasteiger partial charge in [-0.3, -0.25) is 0 Å². The fourth-order valence-electron chi connectivity index (χ4n) is 4.10. The van der Waals surface area contributed by atoms with E-state index >= 15 is 0 Å². The Hall–Kier alpha value is -1.84. The third-order valence-electron chi connectivity index (χ3n) is 6.25. The maximum atomic E-state index is 10.2. The summed E-state index contributed by atoms with van der Waals surface area (Å²) in [5, 5.41) is 10.2. The Balaban J connectivity index is 2.30. The molecule has 0 bridgehead atoms. The second kappa shape index (κ2) is 7.69. The van der Waals surface area contributed by atoms with Crippen LogP contribution < -0.4 is 4.74 Å². The molecule has 30 heavy (non-hydrogen) atoms. The number of fused-ring (bicyclic) bond motifs is 2. The molecule has 164 valence electrons. The number of benzene rings is 2. The maximum absolute atomic E-state index is 10.2. The summed E-state index contributed by atoms with van der Waals surface area (Å²) < 4.78 is 12.4. The molecule has 1 heterocycles. The Morgan fingerprint density at radius 2 is 1.30 bits per heavy atom. The number of ether oxygens (including phenoxy) is 2. The van der Waals surface area contributed by atoms with Crippen molar-refractivity contribution in [2.45, 2.75) is 91.8 Å². The van der Waals surface area contributed by atoms with Crippen LogP contribution in [0, 0.1) is 0 Å². The van der Waals surface area contributed by atoms with Gasteiger partial charge >= 0.3 is 0 Å². The van der Waals surface area contributed by atoms with Crippen molar-refractivity contribution >= 4 is 0 Å². The maximum Gasteiger partial charge on any atom is 0.137 e. The van der Waals surface area contributed by atoms with Crippen molar-refractivity contribution < 1.29 is 14.6 Å². The van der Waals surface area contributed by atoms with Crippen LogP contribution in [0.4, 0.5) is 0 Å². The number of hydrogen-bond donors (Lipinski definition) is 1. The third kappa shape index (κ3) is 4.02. The van der Waals surface area contributed by atoms with Gasteiger partial charge in [0.2, 0.25) is 0 Å². The van der Waals surface area contributed by atoms with Gasteiger partial charge in [-0.1, -0.05) is 67.5 Å². The lowest BCUT2D eigenvalue weighted by molar-refractivity contribution is 0.132. The van der Waals surface area contributed by atoms with Crippen LogP contribution in [-0.4, -0.2) is 11.7 Å². The summed E-state index contributed by atoms with van der Waals surface area (Å²) in [6.45, 7) is 21.0. The van der Waals surface area contributed by atoms with E-state index in [-0.39, 0.29) is 22.9 Å². The molecule has 0 aliphatic carbocycles. The van der Waals surface area contributed by atoms with Gasteiger partial charge in [-0.05, 0) is 41.0 Å². The molecule has 2 aromatic carbocycles. The van der Waals surface area contributed by atoms with Gasteiger partial charge in [-0.15, -0.1) is 0 Å². The highest BCUT2D eigenvalue weighted by molar-refractivity contribution is 5.63. The number of rotatable bonds is 4. The van der Waals surface area contributed by atoms with E-state index in [1.165, 1.54) is 16.7 Å². The van der Waals surface area contributed by atoms with E-state index in [9.17, 15) is 5.11 Å². The van der Waals surface area contributed by atoms with Gasteiger partial charge in [0, 0.05) is 34.3 Å². The van der Waals surface area contributed by atoms with Crippen molar-refractivity contribution in [2.75, 3.05) is 6.61 Å². The second-order valence-electron chi connectivity index (χ2n) is 11.0. The average Bonchev–Trinajstić information content (AvgIpc) is 2.64. The first kappa shape index (κ1) is 22.8. The predicted molar refractivity (Wildman–Crippen MR) is 124 cm³/mol. The zero-order valence-corrected chi connectivity index (χ0v) is 20.2. The van der Waals surface area contributed by atoms with E-state index in [2.05, 4.69) is 79.7 Å². The zero-order chi connectivity index (χ0) is 22.5. The smallest absolute Gasteiger partial charge is 0.137 e. The van der Waals surface area contributed by atoms with Crippen molar-refractivity contribution in [3.05, 3.63) is 57.6 Å². The SMILES string of the molecule is CCOCc1cc(C(C)(C)C)cc2c1Oc1c(CO)cc(C(C)(C)C)cc1C2(C)C. The van der Waals surface area contributed by atoms with E-state index in [1.54, 1.807) is 0 Å². The van der Waals surface area contributed by atoms with Crippen molar-refractivity contribution in [3.63, 3.8) is 0 Å². The predicted octanol–water partition coefficient (Wildman–Crippen LogP) is 6.74. The van der Waals surface area contributed by atoms with Gasteiger partial charge in [-0.2, -0.15) is 0 Å². The molecule has 1 aliphatic heterocycles. The minimum atomic E-state index is -0.254. The van der Waals surface area contributed by atoms with Gasteiger partial charge in [0.1, 0.15) is 11.5 Å². The van der Waals surface area contributed by atoms with Gasteiger partial charge in [-0.25, -0.2) is 0 Å². The fraction of sp³-hybridized carbons (Fsp3) is 0.556. The minimum Gasteiger partial charge on any atom is -0.456 e. The highest BCUT2D eigenvalue weighted by Crippen LogP contribution is 2.52. The fourth-order valence-corrected chi connectivity index (χ4v) is 4.10. The first-order valence-corrected chi connectivity index (χ1v) is 11.0. The van der Waals surface area contributed by atoms with E-state index in [0.717, 1.165) is 28.2 Å². The Bertz CT molecular complexity index is 940. The molecular formula is C27H38O3. The van der Waals surface area contributed by atoms with Crippen molar-refractivity contribution in [3.8, 4) is 11.5 Å². The van der Waals surface area contributed by atoms with Crippen LogP contribution in [0.3, 0.4) is 0 Å².